The molecule has 0 heterocycles. The van der Waals surface area contributed by atoms with E-state index in [0.29, 0.717) is 0 Å². The maximum atomic E-state index is 8.97. The first-order chi connectivity index (χ1) is 6.84. The summed E-state index contributed by atoms with van der Waals surface area (Å²) >= 11 is 5.74. The average Bonchev–Trinajstić information content (AvgIpc) is 2.15. The Labute approximate surface area is 93.4 Å². The molecule has 0 saturated carbocycles. The van der Waals surface area contributed by atoms with Crippen LogP contribution in [0.3, 0.4) is 0 Å². The fraction of sp³-hybridized carbons (Fsp3) is 0.250. The second-order valence-corrected chi connectivity index (χ2v) is 4.13. The highest BCUT2D eigenvalue weighted by Crippen LogP contribution is 2.17. The third-order valence-electron chi connectivity index (χ3n) is 1.32. The molecule has 0 aliphatic rings. The van der Waals surface area contributed by atoms with E-state index in [1.807, 2.05) is 30.3 Å². The predicted molar refractivity (Wildman–Crippen MR) is 57.9 cm³/mol. The van der Waals surface area contributed by atoms with Gasteiger partial charge in [-0.2, -0.15) is 8.42 Å². The summed E-state index contributed by atoms with van der Waals surface area (Å²) in [6.45, 7) is -0.00836. The predicted octanol–water partition coefficient (Wildman–Crippen LogP) is 0.707. The zero-order valence-corrected chi connectivity index (χ0v) is 9.32. The fourth-order valence-electron chi connectivity index (χ4n) is 0.767. The first-order valence-electron chi connectivity index (χ1n) is 3.89. The van der Waals surface area contributed by atoms with E-state index < -0.39 is 10.3 Å². The lowest BCUT2D eigenvalue weighted by atomic mass is 10.2. The Hall–Kier alpha value is -0.660. The average molecular weight is 254 g/mol. The number of benzene rings is 1. The van der Waals surface area contributed by atoms with Crippen molar-refractivity contribution < 1.29 is 18.1 Å². The molecule has 0 aliphatic carbocycles. The molecule has 0 saturated heterocycles. The van der Waals surface area contributed by atoms with Crippen molar-refractivity contribution in [1.29, 1.82) is 0 Å². The lowest BCUT2D eigenvalue weighted by Crippen LogP contribution is -2.08. The molecule has 0 amide bonds. The second kappa shape index (κ2) is 6.76. The van der Waals surface area contributed by atoms with Crippen molar-refractivity contribution >= 4 is 21.9 Å². The Morgan fingerprint density at radius 3 is 2.07 bits per heavy atom. The minimum atomic E-state index is -4.17. The van der Waals surface area contributed by atoms with Crippen molar-refractivity contribution in [3.63, 3.8) is 0 Å². The summed E-state index contributed by atoms with van der Waals surface area (Å²) in [4.78, 5) is 0. The van der Waals surface area contributed by atoms with E-state index in [0.717, 1.165) is 5.56 Å². The number of alkyl halides is 1. The van der Waals surface area contributed by atoms with Crippen molar-refractivity contribution in [2.75, 3.05) is 6.61 Å². The Kier molecular flexibility index (Phi) is 6.46. The van der Waals surface area contributed by atoms with Crippen LogP contribution in [-0.2, 0) is 10.3 Å². The maximum absolute atomic E-state index is 8.97. The van der Waals surface area contributed by atoms with Crippen molar-refractivity contribution in [3.05, 3.63) is 35.9 Å². The third-order valence-corrected chi connectivity index (χ3v) is 1.71. The summed E-state index contributed by atoms with van der Waals surface area (Å²) in [6, 6.07) is 9.52. The molecule has 1 rings (SSSR count). The highest BCUT2D eigenvalue weighted by atomic mass is 35.5. The number of rotatable bonds is 2. The molecule has 0 aromatic heterocycles. The zero-order chi connectivity index (χ0) is 11.9. The molecule has 0 spiro atoms. The van der Waals surface area contributed by atoms with Crippen LogP contribution in [0, 0.1) is 0 Å². The summed E-state index contributed by atoms with van der Waals surface area (Å²) in [5, 5.41) is 12.3. The molecule has 7 heteroatoms. The van der Waals surface area contributed by atoms with Gasteiger partial charge in [-0.25, -0.2) is 5.14 Å². The van der Waals surface area contributed by atoms with E-state index in [9.17, 15) is 0 Å². The molecule has 4 N–H and O–H groups in total. The van der Waals surface area contributed by atoms with Crippen LogP contribution < -0.4 is 5.14 Å². The van der Waals surface area contributed by atoms with Crippen LogP contribution >= 0.6 is 11.6 Å². The standard InChI is InChI=1S/C8H9ClO.H3NO3S/c9-8(6-10)7-4-2-1-3-5-7;1-5(2,3)4/h1-5,8,10H,6H2;(H3,1,2,3,4). The van der Waals surface area contributed by atoms with Crippen molar-refractivity contribution in [2.45, 2.75) is 5.38 Å². The van der Waals surface area contributed by atoms with Gasteiger partial charge in [-0.3, -0.25) is 4.55 Å². The van der Waals surface area contributed by atoms with E-state index in [2.05, 4.69) is 5.14 Å². The molecule has 15 heavy (non-hydrogen) atoms. The highest BCUT2D eigenvalue weighted by Gasteiger charge is 2.02. The van der Waals surface area contributed by atoms with Gasteiger partial charge in [-0.1, -0.05) is 30.3 Å². The quantitative estimate of drug-likeness (QED) is 0.534. The van der Waals surface area contributed by atoms with Crippen LogP contribution in [0.4, 0.5) is 0 Å². The summed E-state index contributed by atoms with van der Waals surface area (Å²) in [6.07, 6.45) is 0. The Morgan fingerprint density at radius 2 is 1.73 bits per heavy atom. The third kappa shape index (κ3) is 9.64. The molecule has 0 aliphatic heterocycles. The maximum Gasteiger partial charge on any atom is 0.330 e. The van der Waals surface area contributed by atoms with Gasteiger partial charge in [-0.05, 0) is 5.56 Å². The molecule has 1 atom stereocenters. The summed E-state index contributed by atoms with van der Waals surface area (Å²) in [7, 11) is -4.17. The van der Waals surface area contributed by atoms with E-state index in [1.54, 1.807) is 0 Å². The zero-order valence-electron chi connectivity index (χ0n) is 7.75. The molecule has 0 bridgehead atoms. The molecular formula is C8H12ClNO4S. The largest absolute Gasteiger partial charge is 0.394 e. The summed E-state index contributed by atoms with van der Waals surface area (Å²) in [5.41, 5.74) is 0.965. The van der Waals surface area contributed by atoms with Gasteiger partial charge in [0.2, 0.25) is 0 Å². The van der Waals surface area contributed by atoms with Gasteiger partial charge in [-0.15, -0.1) is 11.6 Å². The smallest absolute Gasteiger partial charge is 0.330 e. The van der Waals surface area contributed by atoms with Gasteiger partial charge in [0.25, 0.3) is 0 Å². The van der Waals surface area contributed by atoms with Crippen LogP contribution in [0.5, 0.6) is 0 Å². The highest BCUT2D eigenvalue weighted by molar-refractivity contribution is 7.83. The first-order valence-corrected chi connectivity index (χ1v) is 5.83. The number of hydrogen-bond acceptors (Lipinski definition) is 3. The van der Waals surface area contributed by atoms with Gasteiger partial charge >= 0.3 is 10.3 Å². The minimum absolute atomic E-state index is 0.00836. The molecular weight excluding hydrogens is 242 g/mol. The van der Waals surface area contributed by atoms with E-state index in [-0.39, 0.29) is 12.0 Å². The molecule has 86 valence electrons. The number of aliphatic hydroxyl groups excluding tert-OH is 1. The van der Waals surface area contributed by atoms with E-state index in [1.165, 1.54) is 0 Å². The van der Waals surface area contributed by atoms with Crippen molar-refractivity contribution in [3.8, 4) is 0 Å². The molecule has 1 aromatic carbocycles. The second-order valence-electron chi connectivity index (χ2n) is 2.58. The minimum Gasteiger partial charge on any atom is -0.394 e. The van der Waals surface area contributed by atoms with Gasteiger partial charge in [0.15, 0.2) is 0 Å². The number of hydrogen-bond donors (Lipinski definition) is 3. The van der Waals surface area contributed by atoms with Crippen LogP contribution in [0.15, 0.2) is 30.3 Å². The van der Waals surface area contributed by atoms with Gasteiger partial charge in [0.05, 0.1) is 12.0 Å². The van der Waals surface area contributed by atoms with Crippen LogP contribution in [0.25, 0.3) is 0 Å². The van der Waals surface area contributed by atoms with Crippen LogP contribution in [0.2, 0.25) is 0 Å². The fourth-order valence-corrected chi connectivity index (χ4v) is 0.913. The van der Waals surface area contributed by atoms with Crippen LogP contribution in [-0.4, -0.2) is 24.7 Å². The van der Waals surface area contributed by atoms with Crippen LogP contribution in [0.1, 0.15) is 10.9 Å². The lowest BCUT2D eigenvalue weighted by molar-refractivity contribution is 0.294. The topological polar surface area (TPSA) is 101 Å². The Bertz CT molecular complexity index is 359. The summed E-state index contributed by atoms with van der Waals surface area (Å²) in [5.74, 6) is 0. The number of halogens is 1. The van der Waals surface area contributed by atoms with Gasteiger partial charge in [0.1, 0.15) is 0 Å². The van der Waals surface area contributed by atoms with E-state index >= 15 is 0 Å². The number of aliphatic hydroxyl groups is 1. The van der Waals surface area contributed by atoms with Gasteiger partial charge in [0, 0.05) is 0 Å². The monoisotopic (exact) mass is 253 g/mol. The van der Waals surface area contributed by atoms with Crippen molar-refractivity contribution in [2.24, 2.45) is 5.14 Å². The van der Waals surface area contributed by atoms with E-state index in [4.69, 9.17) is 29.7 Å². The summed E-state index contributed by atoms with van der Waals surface area (Å²) < 4.78 is 25.2. The molecule has 1 aromatic rings. The Balaban J connectivity index is 0.000000336. The first kappa shape index (κ1) is 14.3. The molecule has 1 unspecified atom stereocenters. The molecule has 0 radical (unpaired) electrons. The van der Waals surface area contributed by atoms with Gasteiger partial charge < -0.3 is 5.11 Å². The van der Waals surface area contributed by atoms with Crippen molar-refractivity contribution in [1.82, 2.24) is 0 Å². The number of nitrogens with two attached hydrogens (primary N) is 1. The molecule has 5 nitrogen and oxygen atoms in total. The molecule has 0 fully saturated rings. The normalized spacial score (nSPS) is 12.5. The SMILES string of the molecule is NS(=O)(=O)O.OCC(Cl)c1ccccc1. The lowest BCUT2D eigenvalue weighted by Gasteiger charge is -2.03. The Morgan fingerprint density at radius 1 is 1.33 bits per heavy atom.